The van der Waals surface area contributed by atoms with E-state index >= 15 is 0 Å². The number of hydrogen-bond acceptors (Lipinski definition) is 4. The lowest BCUT2D eigenvalue weighted by Crippen LogP contribution is -2.32. The number of sulfonamides is 1. The largest absolute Gasteiger partial charge is 0.492 e. The standard InChI is InChI=1S/C15H24N2O4S/c1-5-11(4)17-22(19,20)12-8-9-14(21-7-3)13(10-12)16-15(18)6-2/h8-11,17H,5-7H2,1-4H3,(H,16,18)/t11-/m1/s1. The van der Waals surface area contributed by atoms with Crippen LogP contribution in [0.15, 0.2) is 23.1 Å². The first-order valence-electron chi connectivity index (χ1n) is 7.43. The summed E-state index contributed by atoms with van der Waals surface area (Å²) in [7, 11) is -3.63. The molecule has 1 aromatic rings. The second-order valence-corrected chi connectivity index (χ2v) is 6.64. The van der Waals surface area contributed by atoms with E-state index in [-0.39, 0.29) is 16.8 Å². The first-order valence-corrected chi connectivity index (χ1v) is 8.91. The van der Waals surface area contributed by atoms with Gasteiger partial charge in [0.25, 0.3) is 0 Å². The van der Waals surface area contributed by atoms with E-state index in [0.29, 0.717) is 30.9 Å². The van der Waals surface area contributed by atoms with Crippen LogP contribution in [0.4, 0.5) is 5.69 Å². The van der Waals surface area contributed by atoms with Crippen molar-refractivity contribution in [3.63, 3.8) is 0 Å². The molecule has 0 unspecified atom stereocenters. The first-order chi connectivity index (χ1) is 10.3. The molecule has 0 spiro atoms. The second-order valence-electron chi connectivity index (χ2n) is 4.92. The summed E-state index contributed by atoms with van der Waals surface area (Å²) in [6, 6.07) is 4.28. The summed E-state index contributed by atoms with van der Waals surface area (Å²) in [6.45, 7) is 7.66. The molecule has 22 heavy (non-hydrogen) atoms. The van der Waals surface area contributed by atoms with Gasteiger partial charge in [0.2, 0.25) is 15.9 Å². The molecule has 0 aromatic heterocycles. The van der Waals surface area contributed by atoms with Gasteiger partial charge < -0.3 is 10.1 Å². The van der Waals surface area contributed by atoms with Gasteiger partial charge in [-0.3, -0.25) is 4.79 Å². The zero-order valence-electron chi connectivity index (χ0n) is 13.5. The van der Waals surface area contributed by atoms with Crippen LogP contribution in [0.3, 0.4) is 0 Å². The van der Waals surface area contributed by atoms with E-state index in [0.717, 1.165) is 0 Å². The van der Waals surface area contributed by atoms with E-state index in [1.165, 1.54) is 12.1 Å². The molecule has 0 bridgehead atoms. The van der Waals surface area contributed by atoms with Gasteiger partial charge in [0.05, 0.1) is 17.2 Å². The van der Waals surface area contributed by atoms with Crippen molar-refractivity contribution in [1.82, 2.24) is 4.72 Å². The van der Waals surface area contributed by atoms with Crippen LogP contribution in [-0.4, -0.2) is 27.0 Å². The lowest BCUT2D eigenvalue weighted by molar-refractivity contribution is -0.115. The molecule has 0 saturated carbocycles. The molecule has 0 radical (unpaired) electrons. The van der Waals surface area contributed by atoms with E-state index in [1.807, 2.05) is 13.8 Å². The monoisotopic (exact) mass is 328 g/mol. The van der Waals surface area contributed by atoms with Gasteiger partial charge >= 0.3 is 0 Å². The number of anilines is 1. The minimum atomic E-state index is -3.63. The van der Waals surface area contributed by atoms with E-state index in [1.54, 1.807) is 19.9 Å². The highest BCUT2D eigenvalue weighted by molar-refractivity contribution is 7.89. The van der Waals surface area contributed by atoms with E-state index < -0.39 is 10.0 Å². The van der Waals surface area contributed by atoms with Crippen molar-refractivity contribution in [2.75, 3.05) is 11.9 Å². The molecule has 0 aliphatic carbocycles. The summed E-state index contributed by atoms with van der Waals surface area (Å²) < 4.78 is 32.6. The molecule has 124 valence electrons. The zero-order valence-corrected chi connectivity index (χ0v) is 14.3. The molecule has 1 atom stereocenters. The summed E-state index contributed by atoms with van der Waals surface area (Å²) in [5.41, 5.74) is 0.362. The van der Waals surface area contributed by atoms with Crippen LogP contribution >= 0.6 is 0 Å². The molecule has 2 N–H and O–H groups in total. The van der Waals surface area contributed by atoms with Crippen molar-refractivity contribution in [1.29, 1.82) is 0 Å². The average molecular weight is 328 g/mol. The molecule has 0 fully saturated rings. The number of benzene rings is 1. The van der Waals surface area contributed by atoms with Crippen LogP contribution in [0, 0.1) is 0 Å². The fourth-order valence-corrected chi connectivity index (χ4v) is 3.06. The summed E-state index contributed by atoms with van der Waals surface area (Å²) in [6.07, 6.45) is 0.989. The topological polar surface area (TPSA) is 84.5 Å². The van der Waals surface area contributed by atoms with Crippen LogP contribution in [0.1, 0.15) is 40.5 Å². The predicted octanol–water partition coefficient (Wildman–Crippen LogP) is 2.51. The lowest BCUT2D eigenvalue weighted by Gasteiger charge is -2.15. The van der Waals surface area contributed by atoms with E-state index in [4.69, 9.17) is 4.74 Å². The highest BCUT2D eigenvalue weighted by Gasteiger charge is 2.19. The molecular formula is C15H24N2O4S. The van der Waals surface area contributed by atoms with Gasteiger partial charge in [-0.2, -0.15) is 0 Å². The summed E-state index contributed by atoms with van der Waals surface area (Å²) in [4.78, 5) is 11.7. The van der Waals surface area contributed by atoms with Gasteiger partial charge in [-0.15, -0.1) is 0 Å². The van der Waals surface area contributed by atoms with Crippen LogP contribution in [-0.2, 0) is 14.8 Å². The molecule has 7 heteroatoms. The van der Waals surface area contributed by atoms with E-state index in [2.05, 4.69) is 10.0 Å². The number of nitrogens with one attached hydrogen (secondary N) is 2. The minimum absolute atomic E-state index is 0.0997. The number of ether oxygens (including phenoxy) is 1. The maximum absolute atomic E-state index is 12.3. The number of rotatable bonds is 8. The Labute approximate surface area is 132 Å². The molecule has 1 aromatic carbocycles. The normalized spacial score (nSPS) is 12.7. The van der Waals surface area contributed by atoms with E-state index in [9.17, 15) is 13.2 Å². The number of amides is 1. The average Bonchev–Trinajstić information content (AvgIpc) is 2.48. The van der Waals surface area contributed by atoms with Crippen molar-refractivity contribution < 1.29 is 17.9 Å². The van der Waals surface area contributed by atoms with Crippen molar-refractivity contribution in [2.45, 2.75) is 51.5 Å². The Bertz CT molecular complexity index is 614. The maximum Gasteiger partial charge on any atom is 0.240 e. The smallest absolute Gasteiger partial charge is 0.240 e. The van der Waals surface area contributed by atoms with Gasteiger partial charge in [0.1, 0.15) is 5.75 Å². The molecule has 0 aliphatic rings. The summed E-state index contributed by atoms with van der Waals surface area (Å²) >= 11 is 0. The maximum atomic E-state index is 12.3. The molecule has 6 nitrogen and oxygen atoms in total. The molecule has 0 saturated heterocycles. The highest BCUT2D eigenvalue weighted by atomic mass is 32.2. The molecule has 0 aliphatic heterocycles. The summed E-state index contributed by atoms with van der Waals surface area (Å²) in [5.74, 6) is 0.247. The Morgan fingerprint density at radius 1 is 1.27 bits per heavy atom. The molecule has 1 amide bonds. The molecule has 0 heterocycles. The highest BCUT2D eigenvalue weighted by Crippen LogP contribution is 2.28. The molecular weight excluding hydrogens is 304 g/mol. The second kappa shape index (κ2) is 8.14. The third-order valence-electron chi connectivity index (χ3n) is 3.13. The molecule has 1 rings (SSSR count). The Morgan fingerprint density at radius 3 is 2.50 bits per heavy atom. The zero-order chi connectivity index (χ0) is 16.8. The Hall–Kier alpha value is -1.60. The Balaban J connectivity index is 3.17. The predicted molar refractivity (Wildman–Crippen MR) is 86.6 cm³/mol. The SMILES string of the molecule is CCOc1ccc(S(=O)(=O)N[C@H](C)CC)cc1NC(=O)CC. The Kier molecular flexibility index (Phi) is 6.83. The number of hydrogen-bond donors (Lipinski definition) is 2. The minimum Gasteiger partial charge on any atom is -0.492 e. The third kappa shape index (κ3) is 4.99. The van der Waals surface area contributed by atoms with Crippen molar-refractivity contribution in [3.05, 3.63) is 18.2 Å². The van der Waals surface area contributed by atoms with Gasteiger partial charge in [0, 0.05) is 12.5 Å². The lowest BCUT2D eigenvalue weighted by atomic mass is 10.3. The number of carbonyl (C=O) groups excluding carboxylic acids is 1. The number of carbonyl (C=O) groups is 1. The van der Waals surface area contributed by atoms with Crippen LogP contribution in [0.2, 0.25) is 0 Å². The Morgan fingerprint density at radius 2 is 1.95 bits per heavy atom. The van der Waals surface area contributed by atoms with Gasteiger partial charge in [-0.1, -0.05) is 13.8 Å². The van der Waals surface area contributed by atoms with Crippen molar-refractivity contribution in [3.8, 4) is 5.75 Å². The van der Waals surface area contributed by atoms with Crippen molar-refractivity contribution in [2.24, 2.45) is 0 Å². The first kappa shape index (κ1) is 18.4. The van der Waals surface area contributed by atoms with Crippen LogP contribution < -0.4 is 14.8 Å². The van der Waals surface area contributed by atoms with Crippen LogP contribution in [0.25, 0.3) is 0 Å². The van der Waals surface area contributed by atoms with Gasteiger partial charge in [-0.05, 0) is 38.5 Å². The van der Waals surface area contributed by atoms with Crippen LogP contribution in [0.5, 0.6) is 5.75 Å². The van der Waals surface area contributed by atoms with Gasteiger partial charge in [-0.25, -0.2) is 13.1 Å². The summed E-state index contributed by atoms with van der Waals surface area (Å²) in [5, 5.41) is 2.67. The fraction of sp³-hybridized carbons (Fsp3) is 0.533. The quantitative estimate of drug-likeness (QED) is 0.768. The van der Waals surface area contributed by atoms with Gasteiger partial charge in [0.15, 0.2) is 0 Å². The third-order valence-corrected chi connectivity index (χ3v) is 4.71. The fourth-order valence-electron chi connectivity index (χ4n) is 1.71. The van der Waals surface area contributed by atoms with Crippen molar-refractivity contribution >= 4 is 21.6 Å².